The molecule has 0 aliphatic rings. The Hall–Kier alpha value is -2.89. The fourth-order valence-electron chi connectivity index (χ4n) is 2.01. The zero-order valence-electron chi connectivity index (χ0n) is 11.8. The Labute approximate surface area is 121 Å². The van der Waals surface area contributed by atoms with E-state index < -0.39 is 0 Å². The number of para-hydroxylation sites is 1. The minimum Gasteiger partial charge on any atom is -0.351 e. The maximum absolute atomic E-state index is 12.2. The predicted octanol–water partition coefficient (Wildman–Crippen LogP) is 2.28. The molecule has 3 aromatic rings. The number of nitrogens with one attached hydrogen (secondary N) is 2. The van der Waals surface area contributed by atoms with Crippen LogP contribution in [0.25, 0.3) is 10.9 Å². The van der Waals surface area contributed by atoms with Crippen LogP contribution in [-0.4, -0.2) is 35.0 Å². The number of H-pyrrole nitrogens is 1. The van der Waals surface area contributed by atoms with Crippen molar-refractivity contribution >= 4 is 28.4 Å². The highest BCUT2D eigenvalue weighted by molar-refractivity contribution is 6.05. The van der Waals surface area contributed by atoms with Crippen LogP contribution in [0.4, 0.5) is 11.6 Å². The van der Waals surface area contributed by atoms with E-state index in [-0.39, 0.29) is 5.91 Å². The number of rotatable bonds is 3. The molecule has 0 aliphatic heterocycles. The van der Waals surface area contributed by atoms with Crippen LogP contribution >= 0.6 is 0 Å². The van der Waals surface area contributed by atoms with E-state index in [1.807, 2.05) is 44.4 Å². The van der Waals surface area contributed by atoms with E-state index in [1.165, 1.54) is 0 Å². The third-order valence-corrected chi connectivity index (χ3v) is 3.07. The highest BCUT2D eigenvalue weighted by Crippen LogP contribution is 2.16. The minimum atomic E-state index is -0.215. The molecule has 0 atom stereocenters. The first-order valence-corrected chi connectivity index (χ1v) is 6.52. The summed E-state index contributed by atoms with van der Waals surface area (Å²) in [6.07, 6.45) is 3.17. The fraction of sp³-hybridized carbons (Fsp3) is 0.133. The summed E-state index contributed by atoms with van der Waals surface area (Å²) in [6.45, 7) is 0. The zero-order valence-corrected chi connectivity index (χ0v) is 11.8. The van der Waals surface area contributed by atoms with E-state index in [2.05, 4.69) is 20.3 Å². The summed E-state index contributed by atoms with van der Waals surface area (Å²) >= 11 is 0. The van der Waals surface area contributed by atoms with Crippen LogP contribution in [0.1, 0.15) is 10.5 Å². The van der Waals surface area contributed by atoms with Gasteiger partial charge in [0.2, 0.25) is 5.95 Å². The van der Waals surface area contributed by atoms with Crippen LogP contribution in [0.5, 0.6) is 0 Å². The number of aromatic amines is 1. The number of fused-ring (bicyclic) bond motifs is 1. The first-order chi connectivity index (χ1) is 10.1. The molecule has 2 aromatic heterocycles. The van der Waals surface area contributed by atoms with Crippen LogP contribution in [0.15, 0.2) is 42.7 Å². The van der Waals surface area contributed by atoms with E-state index in [9.17, 15) is 4.79 Å². The van der Waals surface area contributed by atoms with Crippen LogP contribution in [0, 0.1) is 0 Å². The van der Waals surface area contributed by atoms with Crippen LogP contribution in [-0.2, 0) is 0 Å². The lowest BCUT2D eigenvalue weighted by Crippen LogP contribution is -2.15. The van der Waals surface area contributed by atoms with Crippen molar-refractivity contribution in [3.8, 4) is 0 Å². The van der Waals surface area contributed by atoms with Gasteiger partial charge in [-0.05, 0) is 12.1 Å². The highest BCUT2D eigenvalue weighted by Gasteiger charge is 2.10. The first kappa shape index (κ1) is 13.1. The lowest BCUT2D eigenvalue weighted by Gasteiger charge is -2.09. The molecule has 2 N–H and O–H groups in total. The molecule has 106 valence electrons. The molecule has 0 radical (unpaired) electrons. The molecule has 0 saturated carbocycles. The largest absolute Gasteiger partial charge is 0.351 e. The summed E-state index contributed by atoms with van der Waals surface area (Å²) in [5.41, 5.74) is 2.00. The summed E-state index contributed by atoms with van der Waals surface area (Å²) in [5, 5.41) is 3.77. The van der Waals surface area contributed by atoms with Gasteiger partial charge >= 0.3 is 0 Å². The maximum Gasteiger partial charge on any atom is 0.272 e. The van der Waals surface area contributed by atoms with Crippen molar-refractivity contribution in [3.63, 3.8) is 0 Å². The smallest absolute Gasteiger partial charge is 0.272 e. The van der Waals surface area contributed by atoms with Gasteiger partial charge in [-0.1, -0.05) is 18.2 Å². The van der Waals surface area contributed by atoms with Crippen LogP contribution in [0.3, 0.4) is 0 Å². The summed E-state index contributed by atoms with van der Waals surface area (Å²) < 4.78 is 0. The molecular weight excluding hydrogens is 266 g/mol. The van der Waals surface area contributed by atoms with Crippen LogP contribution < -0.4 is 10.2 Å². The van der Waals surface area contributed by atoms with Gasteiger partial charge in [0, 0.05) is 25.0 Å². The quantitative estimate of drug-likeness (QED) is 0.772. The van der Waals surface area contributed by atoms with Crippen molar-refractivity contribution < 1.29 is 4.79 Å². The van der Waals surface area contributed by atoms with Crippen molar-refractivity contribution in [2.45, 2.75) is 0 Å². The Morgan fingerprint density at radius 3 is 2.57 bits per heavy atom. The molecule has 0 bridgehead atoms. The summed E-state index contributed by atoms with van der Waals surface area (Å²) in [7, 11) is 3.72. The monoisotopic (exact) mass is 281 g/mol. The molecule has 0 fully saturated rings. The van der Waals surface area contributed by atoms with E-state index >= 15 is 0 Å². The van der Waals surface area contributed by atoms with Gasteiger partial charge in [0.1, 0.15) is 5.69 Å². The number of nitrogens with zero attached hydrogens (tertiary/aromatic N) is 3. The Morgan fingerprint density at radius 1 is 1.19 bits per heavy atom. The predicted molar refractivity (Wildman–Crippen MR) is 82.6 cm³/mol. The number of anilines is 2. The average Bonchev–Trinajstić information content (AvgIpc) is 2.92. The summed E-state index contributed by atoms with van der Waals surface area (Å²) in [6, 6.07) is 9.57. The second kappa shape index (κ2) is 5.24. The van der Waals surface area contributed by atoms with Gasteiger partial charge in [0.15, 0.2) is 0 Å². The SMILES string of the molecule is CN(C)c1ncc(NC(=O)c2cc3ccccc3[nH]2)cn1. The van der Waals surface area contributed by atoms with Crippen molar-refractivity contribution in [2.24, 2.45) is 0 Å². The maximum atomic E-state index is 12.2. The molecule has 0 aliphatic carbocycles. The van der Waals surface area contributed by atoms with E-state index in [0.29, 0.717) is 17.3 Å². The van der Waals surface area contributed by atoms with Crippen LogP contribution in [0.2, 0.25) is 0 Å². The van der Waals surface area contributed by atoms with Crippen molar-refractivity contribution in [2.75, 3.05) is 24.3 Å². The normalized spacial score (nSPS) is 10.6. The van der Waals surface area contributed by atoms with Crippen molar-refractivity contribution in [3.05, 3.63) is 48.4 Å². The molecule has 1 aromatic carbocycles. The van der Waals surface area contributed by atoms with Gasteiger partial charge in [-0.15, -0.1) is 0 Å². The van der Waals surface area contributed by atoms with E-state index in [0.717, 1.165) is 10.9 Å². The van der Waals surface area contributed by atoms with Gasteiger partial charge in [0.05, 0.1) is 18.1 Å². The third kappa shape index (κ3) is 2.69. The Kier molecular flexibility index (Phi) is 3.27. The average molecular weight is 281 g/mol. The molecule has 0 saturated heterocycles. The molecule has 6 heteroatoms. The van der Waals surface area contributed by atoms with Gasteiger partial charge in [-0.25, -0.2) is 9.97 Å². The lowest BCUT2D eigenvalue weighted by molar-refractivity contribution is 0.102. The molecule has 0 unspecified atom stereocenters. The molecule has 3 rings (SSSR count). The number of aromatic nitrogens is 3. The number of carbonyl (C=O) groups excluding carboxylic acids is 1. The molecule has 6 nitrogen and oxygen atoms in total. The lowest BCUT2D eigenvalue weighted by atomic mass is 10.2. The number of carbonyl (C=O) groups is 1. The molecule has 0 spiro atoms. The highest BCUT2D eigenvalue weighted by atomic mass is 16.1. The topological polar surface area (TPSA) is 73.9 Å². The zero-order chi connectivity index (χ0) is 14.8. The van der Waals surface area contributed by atoms with Gasteiger partial charge < -0.3 is 15.2 Å². The molecule has 2 heterocycles. The van der Waals surface area contributed by atoms with E-state index in [1.54, 1.807) is 17.3 Å². The first-order valence-electron chi connectivity index (χ1n) is 6.52. The van der Waals surface area contributed by atoms with Gasteiger partial charge in [-0.3, -0.25) is 4.79 Å². The number of hydrogen-bond acceptors (Lipinski definition) is 4. The van der Waals surface area contributed by atoms with Crippen molar-refractivity contribution in [1.82, 2.24) is 15.0 Å². The third-order valence-electron chi connectivity index (χ3n) is 3.07. The summed E-state index contributed by atoms with van der Waals surface area (Å²) in [4.78, 5) is 25.4. The number of benzene rings is 1. The fourth-order valence-corrected chi connectivity index (χ4v) is 2.01. The Balaban J connectivity index is 1.79. The minimum absolute atomic E-state index is 0.215. The molecule has 21 heavy (non-hydrogen) atoms. The standard InChI is InChI=1S/C15H15N5O/c1-20(2)15-16-8-11(9-17-15)18-14(21)13-7-10-5-3-4-6-12(10)19-13/h3-9,19H,1-2H3,(H,18,21). The van der Waals surface area contributed by atoms with Gasteiger partial charge in [0.25, 0.3) is 5.91 Å². The second-order valence-electron chi connectivity index (χ2n) is 4.89. The van der Waals surface area contributed by atoms with E-state index in [4.69, 9.17) is 0 Å². The van der Waals surface area contributed by atoms with Crippen molar-refractivity contribution in [1.29, 1.82) is 0 Å². The Bertz CT molecular complexity index is 743. The number of amides is 1. The van der Waals surface area contributed by atoms with Gasteiger partial charge in [-0.2, -0.15) is 0 Å². The molecular formula is C15H15N5O. The molecule has 1 amide bonds. The second-order valence-corrected chi connectivity index (χ2v) is 4.89. The Morgan fingerprint density at radius 2 is 1.90 bits per heavy atom. The summed E-state index contributed by atoms with van der Waals surface area (Å²) in [5.74, 6) is 0.381. The number of hydrogen-bond donors (Lipinski definition) is 2.